The summed E-state index contributed by atoms with van der Waals surface area (Å²) in [6.45, 7) is -4.98. The van der Waals surface area contributed by atoms with Gasteiger partial charge in [0, 0.05) is 12.1 Å². The summed E-state index contributed by atoms with van der Waals surface area (Å²) >= 11 is 0. The van der Waals surface area contributed by atoms with E-state index in [0.717, 1.165) is 17.7 Å². The zero-order valence-electron chi connectivity index (χ0n) is 10.7. The van der Waals surface area contributed by atoms with Crippen molar-refractivity contribution in [1.82, 2.24) is 0 Å². The highest BCUT2D eigenvalue weighted by Gasteiger charge is 2.24. The second-order valence-corrected chi connectivity index (χ2v) is 4.42. The van der Waals surface area contributed by atoms with Crippen molar-refractivity contribution in [3.8, 4) is 0 Å². The molecule has 0 amide bonds. The van der Waals surface area contributed by atoms with E-state index in [4.69, 9.17) is 0 Å². The topological polar surface area (TPSA) is 43.1 Å². The molecule has 2 rings (SSSR count). The highest BCUT2D eigenvalue weighted by Crippen LogP contribution is 2.15. The molecule has 7 heteroatoms. The Morgan fingerprint density at radius 3 is 1.67 bits per heavy atom. The number of rotatable bonds is 4. The number of hydrogen-bond donors (Lipinski definition) is 0. The van der Waals surface area contributed by atoms with Crippen LogP contribution in [0.1, 0.15) is 11.1 Å². The van der Waals surface area contributed by atoms with E-state index in [9.17, 15) is 23.1 Å². The fraction of sp³-hybridized carbons (Fsp3) is 0. The van der Waals surface area contributed by atoms with Gasteiger partial charge in [-0.3, -0.25) is 10.1 Å². The van der Waals surface area contributed by atoms with E-state index in [0.29, 0.717) is 5.56 Å². The van der Waals surface area contributed by atoms with Crippen molar-refractivity contribution in [2.75, 3.05) is 0 Å². The Bertz CT molecular complexity index is 664. The molecule has 0 aliphatic heterocycles. The third-order valence-corrected chi connectivity index (χ3v) is 2.89. The number of nitro benzene ring substituents is 1. The number of nitrogens with zero attached hydrogens (tertiary/aromatic N) is 1. The van der Waals surface area contributed by atoms with E-state index >= 15 is 0 Å². The molecule has 0 aliphatic carbocycles. The van der Waals surface area contributed by atoms with Crippen LogP contribution in [-0.4, -0.2) is 11.9 Å². The van der Waals surface area contributed by atoms with Crippen LogP contribution in [0.25, 0.3) is 12.2 Å². The number of halogens is 3. The van der Waals surface area contributed by atoms with E-state index in [1.807, 2.05) is 0 Å². The second-order valence-electron chi connectivity index (χ2n) is 4.42. The molecule has 0 saturated carbocycles. The largest absolute Gasteiger partial charge is 0.509 e. The van der Waals surface area contributed by atoms with Crippen LogP contribution in [0.15, 0.2) is 48.5 Å². The maximum absolute atomic E-state index is 12.5. The van der Waals surface area contributed by atoms with Crippen LogP contribution in [0.3, 0.4) is 0 Å². The lowest BCUT2D eigenvalue weighted by Gasteiger charge is -2.14. The number of benzene rings is 2. The van der Waals surface area contributed by atoms with E-state index in [-0.39, 0.29) is 5.69 Å². The third kappa shape index (κ3) is 3.95. The van der Waals surface area contributed by atoms with Crippen molar-refractivity contribution in [2.45, 2.75) is 0 Å². The number of hydrogen-bond acceptors (Lipinski definition) is 2. The molecule has 108 valence electrons. The first-order valence-corrected chi connectivity index (χ1v) is 6.09. The summed E-state index contributed by atoms with van der Waals surface area (Å²) in [5, 5.41) is 10.5. The lowest BCUT2D eigenvalue weighted by atomic mass is 9.80. The van der Waals surface area contributed by atoms with Gasteiger partial charge < -0.3 is 12.9 Å². The SMILES string of the molecule is O=[N+]([O-])c1ccc(/C=C\c2ccc([B-](F)(F)F)cc2)cc1. The van der Waals surface area contributed by atoms with Crippen LogP contribution in [0, 0.1) is 10.1 Å². The molecule has 0 atom stereocenters. The minimum Gasteiger partial charge on any atom is -0.445 e. The Labute approximate surface area is 118 Å². The molecule has 2 aromatic carbocycles. The fourth-order valence-corrected chi connectivity index (χ4v) is 1.72. The van der Waals surface area contributed by atoms with Crippen molar-refractivity contribution in [3.63, 3.8) is 0 Å². The highest BCUT2D eigenvalue weighted by molar-refractivity contribution is 6.73. The van der Waals surface area contributed by atoms with Gasteiger partial charge in [0.15, 0.2) is 0 Å². The molecular formula is C14H10BF3NO2-. The van der Waals surface area contributed by atoms with Crippen molar-refractivity contribution in [3.05, 3.63) is 69.8 Å². The Morgan fingerprint density at radius 1 is 0.857 bits per heavy atom. The molecule has 3 nitrogen and oxygen atoms in total. The molecule has 0 radical (unpaired) electrons. The van der Waals surface area contributed by atoms with Gasteiger partial charge in [-0.2, -0.15) is 0 Å². The zero-order valence-corrected chi connectivity index (χ0v) is 10.7. The predicted molar refractivity (Wildman–Crippen MR) is 77.2 cm³/mol. The maximum Gasteiger partial charge on any atom is 0.509 e. The molecule has 2 aromatic rings. The van der Waals surface area contributed by atoms with E-state index in [2.05, 4.69) is 0 Å². The normalized spacial score (nSPS) is 11.8. The standard InChI is InChI=1S/C14H10BF3NO2/c16-15(17,18)13-7-3-11(4-8-13)1-2-12-5-9-14(10-6-12)19(20)21/h1-10H/q-1/b2-1-. The molecule has 21 heavy (non-hydrogen) atoms. The lowest BCUT2D eigenvalue weighted by molar-refractivity contribution is -0.384. The summed E-state index contributed by atoms with van der Waals surface area (Å²) < 4.78 is 37.4. The first-order chi connectivity index (χ1) is 9.86. The van der Waals surface area contributed by atoms with Gasteiger partial charge in [0.1, 0.15) is 0 Å². The van der Waals surface area contributed by atoms with E-state index in [1.54, 1.807) is 24.3 Å². The van der Waals surface area contributed by atoms with E-state index in [1.165, 1.54) is 24.3 Å². The quantitative estimate of drug-likeness (QED) is 0.372. The molecule has 0 saturated heterocycles. The minimum atomic E-state index is -4.98. The van der Waals surface area contributed by atoms with Crippen LogP contribution in [0.4, 0.5) is 18.6 Å². The Balaban J connectivity index is 2.12. The molecule has 0 bridgehead atoms. The average molecular weight is 292 g/mol. The average Bonchev–Trinajstić information content (AvgIpc) is 2.45. The van der Waals surface area contributed by atoms with Crippen LogP contribution < -0.4 is 5.46 Å². The molecule has 0 heterocycles. The molecule has 0 unspecified atom stereocenters. The number of non-ortho nitro benzene ring substituents is 1. The van der Waals surface area contributed by atoms with Crippen molar-refractivity contribution >= 4 is 30.3 Å². The van der Waals surface area contributed by atoms with Crippen molar-refractivity contribution in [1.29, 1.82) is 0 Å². The van der Waals surface area contributed by atoms with Crippen LogP contribution in [0.5, 0.6) is 0 Å². The second kappa shape index (κ2) is 5.82. The molecule has 0 spiro atoms. The maximum atomic E-state index is 12.5. The molecular weight excluding hydrogens is 282 g/mol. The monoisotopic (exact) mass is 292 g/mol. The Hall–Kier alpha value is -2.57. The van der Waals surface area contributed by atoms with Gasteiger partial charge in [-0.05, 0) is 23.3 Å². The predicted octanol–water partition coefficient (Wildman–Crippen LogP) is 3.82. The molecule has 0 aromatic heterocycles. The van der Waals surface area contributed by atoms with Gasteiger partial charge in [-0.1, -0.05) is 36.4 Å². The van der Waals surface area contributed by atoms with E-state index < -0.39 is 17.4 Å². The van der Waals surface area contributed by atoms with Crippen LogP contribution in [0.2, 0.25) is 0 Å². The summed E-state index contributed by atoms with van der Waals surface area (Å²) in [6.07, 6.45) is 3.33. The summed E-state index contributed by atoms with van der Waals surface area (Å²) in [5.74, 6) is 0. The fourth-order valence-electron chi connectivity index (χ4n) is 1.72. The van der Waals surface area contributed by atoms with Gasteiger partial charge in [0.05, 0.1) is 4.92 Å². The smallest absolute Gasteiger partial charge is 0.445 e. The first kappa shape index (κ1) is 14.8. The van der Waals surface area contributed by atoms with Crippen LogP contribution >= 0.6 is 0 Å². The molecule has 0 aliphatic rings. The van der Waals surface area contributed by atoms with Gasteiger partial charge in [0.25, 0.3) is 5.69 Å². The zero-order chi connectivity index (χ0) is 15.5. The first-order valence-electron chi connectivity index (χ1n) is 6.09. The highest BCUT2D eigenvalue weighted by atomic mass is 19.4. The van der Waals surface area contributed by atoms with Gasteiger partial charge in [-0.15, -0.1) is 5.46 Å². The third-order valence-electron chi connectivity index (χ3n) is 2.89. The van der Waals surface area contributed by atoms with Crippen molar-refractivity contribution < 1.29 is 17.9 Å². The van der Waals surface area contributed by atoms with Gasteiger partial charge >= 0.3 is 6.98 Å². The molecule has 0 fully saturated rings. The van der Waals surface area contributed by atoms with Gasteiger partial charge in [0.2, 0.25) is 0 Å². The van der Waals surface area contributed by atoms with Crippen LogP contribution in [-0.2, 0) is 0 Å². The number of nitro groups is 1. The summed E-state index contributed by atoms with van der Waals surface area (Å²) in [4.78, 5) is 10.0. The lowest BCUT2D eigenvalue weighted by Crippen LogP contribution is -2.33. The Morgan fingerprint density at radius 2 is 1.29 bits per heavy atom. The summed E-state index contributed by atoms with van der Waals surface area (Å²) in [5.41, 5.74) is 0.702. The van der Waals surface area contributed by atoms with Crippen molar-refractivity contribution in [2.24, 2.45) is 0 Å². The minimum absolute atomic E-state index is 0.0103. The summed E-state index contributed by atoms with van der Waals surface area (Å²) in [7, 11) is 0. The summed E-state index contributed by atoms with van der Waals surface area (Å²) in [6, 6.07) is 10.7. The molecule has 0 N–H and O–H groups in total. The Kier molecular flexibility index (Phi) is 4.11. The van der Waals surface area contributed by atoms with Gasteiger partial charge in [-0.25, -0.2) is 0 Å².